The van der Waals surface area contributed by atoms with E-state index in [0.717, 1.165) is 0 Å². The van der Waals surface area contributed by atoms with Gasteiger partial charge >= 0.3 is 6.01 Å². The van der Waals surface area contributed by atoms with Crippen molar-refractivity contribution in [2.75, 3.05) is 4.23 Å². The Bertz CT molecular complexity index is 1570. The Morgan fingerprint density at radius 3 is 0.818 bits per heavy atom. The van der Waals surface area contributed by atoms with Crippen molar-refractivity contribution in [2.24, 2.45) is 0 Å². The molecule has 0 N–H and O–H groups in total. The molecule has 0 saturated heterocycles. The van der Waals surface area contributed by atoms with Crippen LogP contribution in [0.1, 0.15) is 0 Å². The van der Waals surface area contributed by atoms with Gasteiger partial charge in [-0.3, -0.25) is 0 Å². The van der Waals surface area contributed by atoms with Gasteiger partial charge in [0.05, 0.1) is 0 Å². The molecule has 0 aliphatic carbocycles. The smallest absolute Gasteiger partial charge is 0.309 e. The molecule has 0 saturated carbocycles. The molecule has 6 aromatic carbocycles. The summed E-state index contributed by atoms with van der Waals surface area (Å²) >= 11 is 0. The van der Waals surface area contributed by atoms with Gasteiger partial charge < -0.3 is 8.75 Å². The van der Waals surface area contributed by atoms with E-state index in [0.29, 0.717) is 6.01 Å². The average Bonchev–Trinajstić information content (AvgIpc) is 3.66. The fourth-order valence-corrected chi connectivity index (χ4v) is 19.4. The van der Waals surface area contributed by atoms with Gasteiger partial charge in [-0.1, -0.05) is 187 Å². The molecular formula is C38H31N3OSi2. The Morgan fingerprint density at radius 1 is 0.364 bits per heavy atom. The van der Waals surface area contributed by atoms with Gasteiger partial charge in [-0.05, 0) is 31.1 Å². The van der Waals surface area contributed by atoms with E-state index >= 15 is 0 Å². The molecule has 0 spiro atoms. The molecule has 0 aliphatic rings. The van der Waals surface area contributed by atoms with E-state index in [1.54, 1.807) is 0 Å². The van der Waals surface area contributed by atoms with Crippen molar-refractivity contribution in [1.82, 2.24) is 10.1 Å². The van der Waals surface area contributed by atoms with Gasteiger partial charge in [-0.15, -0.1) is 0 Å². The maximum absolute atomic E-state index is 6.27. The number of hydrogen-bond acceptors (Lipinski definition) is 4. The summed E-state index contributed by atoms with van der Waals surface area (Å²) in [6.07, 6.45) is 1.53. The quantitative estimate of drug-likeness (QED) is 0.184. The van der Waals surface area contributed by atoms with Crippen molar-refractivity contribution in [3.05, 3.63) is 188 Å². The monoisotopic (exact) mass is 601 g/mol. The van der Waals surface area contributed by atoms with E-state index in [2.05, 4.69) is 191 Å². The van der Waals surface area contributed by atoms with Crippen LogP contribution in [0, 0.1) is 0 Å². The Morgan fingerprint density at radius 2 is 0.614 bits per heavy atom. The van der Waals surface area contributed by atoms with E-state index in [-0.39, 0.29) is 0 Å². The molecule has 7 rings (SSSR count). The molecule has 4 nitrogen and oxygen atoms in total. The summed E-state index contributed by atoms with van der Waals surface area (Å²) in [6, 6.07) is 66.1. The first-order valence-corrected chi connectivity index (χ1v) is 18.7. The topological polar surface area (TPSA) is 42.2 Å². The SMILES string of the molecule is c1ccc([Si](c2ccccc2)(c2ccccc2)N(c2ncno2)[Si](c2ccccc2)(c2ccccc2)c2ccccc2)cc1. The zero-order valence-electron chi connectivity index (χ0n) is 24.1. The highest BCUT2D eigenvalue weighted by Crippen LogP contribution is 2.28. The largest absolute Gasteiger partial charge is 0.354 e. The summed E-state index contributed by atoms with van der Waals surface area (Å²) in [5, 5.41) is 11.6. The van der Waals surface area contributed by atoms with E-state index in [9.17, 15) is 0 Å². The van der Waals surface area contributed by atoms with Gasteiger partial charge in [0.2, 0.25) is 16.5 Å². The minimum atomic E-state index is -3.24. The second-order valence-electron chi connectivity index (χ2n) is 10.7. The van der Waals surface area contributed by atoms with Gasteiger partial charge in [0.25, 0.3) is 0 Å². The number of anilines is 1. The van der Waals surface area contributed by atoms with Gasteiger partial charge in [0.1, 0.15) is 0 Å². The molecule has 0 atom stereocenters. The predicted molar refractivity (Wildman–Crippen MR) is 185 cm³/mol. The van der Waals surface area contributed by atoms with Crippen molar-refractivity contribution in [1.29, 1.82) is 0 Å². The molecule has 6 heteroatoms. The van der Waals surface area contributed by atoms with Crippen LogP contribution < -0.4 is 35.4 Å². The van der Waals surface area contributed by atoms with Crippen LogP contribution in [0.4, 0.5) is 6.01 Å². The first kappa shape index (κ1) is 27.5. The van der Waals surface area contributed by atoms with Crippen molar-refractivity contribution < 1.29 is 4.52 Å². The second-order valence-corrected chi connectivity index (χ2v) is 18.3. The molecule has 0 bridgehead atoms. The van der Waals surface area contributed by atoms with Crippen LogP contribution in [0.2, 0.25) is 0 Å². The molecule has 0 aliphatic heterocycles. The van der Waals surface area contributed by atoms with Gasteiger partial charge in [-0.25, -0.2) is 0 Å². The Kier molecular flexibility index (Phi) is 7.59. The first-order valence-electron chi connectivity index (χ1n) is 14.8. The van der Waals surface area contributed by atoms with Gasteiger partial charge in [0, 0.05) is 0 Å². The third kappa shape index (κ3) is 4.52. The molecule has 212 valence electrons. The van der Waals surface area contributed by atoms with Crippen LogP contribution in [-0.4, -0.2) is 26.6 Å². The Labute approximate surface area is 260 Å². The highest BCUT2D eigenvalue weighted by Gasteiger charge is 2.59. The molecule has 7 aromatic rings. The summed E-state index contributed by atoms with van der Waals surface area (Å²) in [6.45, 7) is 0. The summed E-state index contributed by atoms with van der Waals surface area (Å²) in [7, 11) is -6.49. The van der Waals surface area contributed by atoms with Crippen molar-refractivity contribution in [3.63, 3.8) is 0 Å². The fraction of sp³-hybridized carbons (Fsp3) is 0. The van der Waals surface area contributed by atoms with Crippen LogP contribution in [0.15, 0.2) is 193 Å². The lowest BCUT2D eigenvalue weighted by Gasteiger charge is -2.52. The van der Waals surface area contributed by atoms with E-state index < -0.39 is 16.5 Å². The number of nitrogens with zero attached hydrogens (tertiary/aromatic N) is 3. The molecule has 0 fully saturated rings. The second kappa shape index (κ2) is 12.1. The first-order chi connectivity index (χ1) is 21.9. The van der Waals surface area contributed by atoms with Gasteiger partial charge in [-0.2, -0.15) is 4.98 Å². The number of aromatic nitrogens is 2. The lowest BCUT2D eigenvalue weighted by Crippen LogP contribution is -2.91. The lowest BCUT2D eigenvalue weighted by molar-refractivity contribution is 0.429. The minimum Gasteiger partial charge on any atom is -0.354 e. The fourth-order valence-electron chi connectivity index (χ4n) is 6.66. The van der Waals surface area contributed by atoms with E-state index in [1.807, 2.05) is 0 Å². The van der Waals surface area contributed by atoms with Crippen LogP contribution in [0.25, 0.3) is 0 Å². The van der Waals surface area contributed by atoms with Crippen LogP contribution in [0.5, 0.6) is 0 Å². The Balaban J connectivity index is 1.76. The summed E-state index contributed by atoms with van der Waals surface area (Å²) in [4.78, 5) is 4.92. The van der Waals surface area contributed by atoms with Crippen molar-refractivity contribution >= 4 is 53.6 Å². The lowest BCUT2D eigenvalue weighted by atomic mass is 10.3. The summed E-state index contributed by atoms with van der Waals surface area (Å²) < 4.78 is 8.89. The molecule has 1 aromatic heterocycles. The third-order valence-electron chi connectivity index (χ3n) is 8.36. The Hall–Kier alpha value is -5.31. The summed E-state index contributed by atoms with van der Waals surface area (Å²) in [5.74, 6) is 0. The molecular weight excluding hydrogens is 571 g/mol. The zero-order valence-corrected chi connectivity index (χ0v) is 26.1. The maximum Gasteiger partial charge on any atom is 0.309 e. The van der Waals surface area contributed by atoms with Crippen LogP contribution >= 0.6 is 0 Å². The number of benzene rings is 6. The highest BCUT2D eigenvalue weighted by molar-refractivity contribution is 7.29. The molecule has 1 heterocycles. The van der Waals surface area contributed by atoms with Crippen LogP contribution in [-0.2, 0) is 0 Å². The van der Waals surface area contributed by atoms with Crippen LogP contribution in [0.3, 0.4) is 0 Å². The minimum absolute atomic E-state index is 0.511. The zero-order chi connectivity index (χ0) is 29.7. The number of rotatable bonds is 9. The molecule has 0 unspecified atom stereocenters. The van der Waals surface area contributed by atoms with E-state index in [4.69, 9.17) is 9.51 Å². The summed E-state index contributed by atoms with van der Waals surface area (Å²) in [5.41, 5.74) is 0. The predicted octanol–water partition coefficient (Wildman–Crippen LogP) is 4.21. The van der Waals surface area contributed by atoms with Gasteiger partial charge in [0.15, 0.2) is 6.33 Å². The van der Waals surface area contributed by atoms with Crippen molar-refractivity contribution in [3.8, 4) is 0 Å². The third-order valence-corrected chi connectivity index (χ3v) is 19.1. The molecule has 0 amide bonds. The van der Waals surface area contributed by atoms with E-state index in [1.165, 1.54) is 37.4 Å². The number of hydrogen-bond donors (Lipinski definition) is 0. The van der Waals surface area contributed by atoms with Crippen molar-refractivity contribution in [2.45, 2.75) is 0 Å². The maximum atomic E-state index is 6.27. The standard InChI is InChI=1S/C38H31N3OSi2/c1-7-19-32(20-8-1)43(33-21-9-2-10-22-33,34-23-11-3-12-24-34)41(38-39-31-40-42-38)44(35-25-13-4-14-26-35,36-27-15-5-16-28-36)37-29-17-6-18-30-37/h1-31H. The average molecular weight is 602 g/mol. The normalized spacial score (nSPS) is 11.6. The highest BCUT2D eigenvalue weighted by atomic mass is 28.4. The molecule has 0 radical (unpaired) electrons. The molecule has 44 heavy (non-hydrogen) atoms.